The summed E-state index contributed by atoms with van der Waals surface area (Å²) in [7, 11) is 1.30. The molecule has 0 aliphatic carbocycles. The lowest BCUT2D eigenvalue weighted by molar-refractivity contribution is -0.140. The molecule has 6 heteroatoms. The van der Waals surface area contributed by atoms with E-state index in [1.165, 1.54) is 18.1 Å². The van der Waals surface area contributed by atoms with Gasteiger partial charge in [0.15, 0.2) is 0 Å². The van der Waals surface area contributed by atoms with Crippen LogP contribution in [0.15, 0.2) is 24.3 Å². The smallest absolute Gasteiger partial charge is 0.307 e. The van der Waals surface area contributed by atoms with Crippen LogP contribution in [0.3, 0.4) is 0 Å². The first-order chi connectivity index (χ1) is 9.49. The molecule has 0 aromatic heterocycles. The van der Waals surface area contributed by atoms with E-state index in [0.29, 0.717) is 12.1 Å². The summed E-state index contributed by atoms with van der Waals surface area (Å²) >= 11 is 0. The van der Waals surface area contributed by atoms with E-state index in [9.17, 15) is 14.4 Å². The fourth-order valence-electron chi connectivity index (χ4n) is 1.72. The molecule has 0 aliphatic rings. The average molecular weight is 278 g/mol. The van der Waals surface area contributed by atoms with Crippen molar-refractivity contribution in [3.8, 4) is 0 Å². The first kappa shape index (κ1) is 15.7. The molecule has 1 aromatic carbocycles. The molecule has 0 atom stereocenters. The number of carbonyl (C=O) groups is 3. The molecule has 2 N–H and O–H groups in total. The normalized spacial score (nSPS) is 9.90. The van der Waals surface area contributed by atoms with Gasteiger partial charge in [-0.05, 0) is 25.1 Å². The zero-order valence-corrected chi connectivity index (χ0v) is 11.6. The zero-order chi connectivity index (χ0) is 15.1. The topological polar surface area (TPSA) is 89.7 Å². The summed E-state index contributed by atoms with van der Waals surface area (Å²) in [4.78, 5) is 36.0. The molecule has 108 valence electrons. The highest BCUT2D eigenvalue weighted by atomic mass is 16.5. The van der Waals surface area contributed by atoms with Crippen LogP contribution in [0.4, 0.5) is 0 Å². The Hall–Kier alpha value is -2.37. The number of hydrogen-bond acceptors (Lipinski definition) is 4. The molecule has 0 saturated heterocycles. The lowest BCUT2D eigenvalue weighted by atomic mass is 10.1. The number of methoxy groups -OCH3 is 1. The summed E-state index contributed by atoms with van der Waals surface area (Å²) in [5, 5.41) is 0. The standard InChI is InChI=1S/C14H18N2O4/c1-3-16(8-7-12(17)20-2)14(19)11-6-4-5-10(9-11)13(15)18/h4-6,9H,3,7-8H2,1-2H3,(H2,15,18). The third-order valence-corrected chi connectivity index (χ3v) is 2.88. The largest absolute Gasteiger partial charge is 0.469 e. The highest BCUT2D eigenvalue weighted by molar-refractivity contribution is 5.99. The molecular formula is C14H18N2O4. The van der Waals surface area contributed by atoms with Gasteiger partial charge in [0.1, 0.15) is 0 Å². The first-order valence-corrected chi connectivity index (χ1v) is 6.25. The minimum Gasteiger partial charge on any atom is -0.469 e. The van der Waals surface area contributed by atoms with Crippen molar-refractivity contribution in [2.24, 2.45) is 5.73 Å². The van der Waals surface area contributed by atoms with Crippen LogP contribution in [-0.4, -0.2) is 42.9 Å². The molecule has 0 unspecified atom stereocenters. The Labute approximate surface area is 117 Å². The first-order valence-electron chi connectivity index (χ1n) is 6.25. The van der Waals surface area contributed by atoms with Gasteiger partial charge in [0, 0.05) is 24.2 Å². The van der Waals surface area contributed by atoms with Crippen molar-refractivity contribution < 1.29 is 19.1 Å². The summed E-state index contributed by atoms with van der Waals surface area (Å²) in [5.74, 6) is -1.21. The number of esters is 1. The fourth-order valence-corrected chi connectivity index (χ4v) is 1.72. The van der Waals surface area contributed by atoms with Gasteiger partial charge in [0.2, 0.25) is 5.91 Å². The Morgan fingerprint density at radius 3 is 2.45 bits per heavy atom. The number of ether oxygens (including phenoxy) is 1. The van der Waals surface area contributed by atoms with Crippen molar-refractivity contribution in [1.29, 1.82) is 0 Å². The summed E-state index contributed by atoms with van der Waals surface area (Å²) in [5.41, 5.74) is 5.83. The van der Waals surface area contributed by atoms with Gasteiger partial charge in [0.05, 0.1) is 13.5 Å². The number of carbonyl (C=O) groups excluding carboxylic acids is 3. The van der Waals surface area contributed by atoms with Crippen molar-refractivity contribution in [2.75, 3.05) is 20.2 Å². The van der Waals surface area contributed by atoms with Gasteiger partial charge >= 0.3 is 5.97 Å². The van der Waals surface area contributed by atoms with Gasteiger partial charge in [-0.3, -0.25) is 14.4 Å². The third-order valence-electron chi connectivity index (χ3n) is 2.88. The maximum Gasteiger partial charge on any atom is 0.307 e. The number of hydrogen-bond donors (Lipinski definition) is 1. The van der Waals surface area contributed by atoms with Crippen molar-refractivity contribution >= 4 is 17.8 Å². The monoisotopic (exact) mass is 278 g/mol. The minimum absolute atomic E-state index is 0.131. The van der Waals surface area contributed by atoms with Crippen LogP contribution in [0, 0.1) is 0 Å². The summed E-state index contributed by atoms with van der Waals surface area (Å²) in [6, 6.07) is 6.20. The van der Waals surface area contributed by atoms with E-state index in [-0.39, 0.29) is 30.4 Å². The number of benzene rings is 1. The second kappa shape index (κ2) is 7.28. The van der Waals surface area contributed by atoms with Gasteiger partial charge < -0.3 is 15.4 Å². The lowest BCUT2D eigenvalue weighted by Gasteiger charge is -2.20. The van der Waals surface area contributed by atoms with E-state index < -0.39 is 5.91 Å². The van der Waals surface area contributed by atoms with Gasteiger partial charge in [-0.2, -0.15) is 0 Å². The van der Waals surface area contributed by atoms with Crippen LogP contribution in [0.1, 0.15) is 34.1 Å². The molecule has 0 heterocycles. The van der Waals surface area contributed by atoms with Gasteiger partial charge in [-0.1, -0.05) is 6.07 Å². The molecule has 0 bridgehead atoms. The van der Waals surface area contributed by atoms with Crippen LogP contribution in [-0.2, 0) is 9.53 Å². The van der Waals surface area contributed by atoms with E-state index in [1.807, 2.05) is 6.92 Å². The summed E-state index contributed by atoms with van der Waals surface area (Å²) < 4.78 is 4.54. The quantitative estimate of drug-likeness (QED) is 0.780. The van der Waals surface area contributed by atoms with Crippen LogP contribution in [0.25, 0.3) is 0 Å². The molecular weight excluding hydrogens is 260 g/mol. The van der Waals surface area contributed by atoms with Gasteiger partial charge in [0.25, 0.3) is 5.91 Å². The maximum atomic E-state index is 12.3. The Balaban J connectivity index is 2.82. The highest BCUT2D eigenvalue weighted by Crippen LogP contribution is 2.09. The number of primary amides is 1. The second-order valence-corrected chi connectivity index (χ2v) is 4.16. The highest BCUT2D eigenvalue weighted by Gasteiger charge is 2.16. The molecule has 6 nitrogen and oxygen atoms in total. The van der Waals surface area contributed by atoms with Crippen molar-refractivity contribution in [2.45, 2.75) is 13.3 Å². The Morgan fingerprint density at radius 2 is 1.90 bits per heavy atom. The van der Waals surface area contributed by atoms with Crippen LogP contribution >= 0.6 is 0 Å². The second-order valence-electron chi connectivity index (χ2n) is 4.16. The Morgan fingerprint density at radius 1 is 1.25 bits per heavy atom. The summed E-state index contributed by atoms with van der Waals surface area (Å²) in [6.07, 6.45) is 0.131. The SMILES string of the molecule is CCN(CCC(=O)OC)C(=O)c1cccc(C(N)=O)c1. The van der Waals surface area contributed by atoms with E-state index in [4.69, 9.17) is 5.73 Å². The summed E-state index contributed by atoms with van der Waals surface area (Å²) in [6.45, 7) is 2.53. The van der Waals surface area contributed by atoms with E-state index in [2.05, 4.69) is 4.74 Å². The lowest BCUT2D eigenvalue weighted by Crippen LogP contribution is -2.33. The van der Waals surface area contributed by atoms with Gasteiger partial charge in [-0.25, -0.2) is 0 Å². The number of amides is 2. The molecule has 0 aliphatic heterocycles. The average Bonchev–Trinajstić information content (AvgIpc) is 2.47. The molecule has 0 radical (unpaired) electrons. The van der Waals surface area contributed by atoms with E-state index in [1.54, 1.807) is 18.2 Å². The molecule has 0 spiro atoms. The van der Waals surface area contributed by atoms with E-state index in [0.717, 1.165) is 0 Å². The predicted octanol–water partition coefficient (Wildman–Crippen LogP) is 0.811. The predicted molar refractivity (Wildman–Crippen MR) is 73.2 cm³/mol. The van der Waals surface area contributed by atoms with Crippen molar-refractivity contribution in [3.05, 3.63) is 35.4 Å². The van der Waals surface area contributed by atoms with Gasteiger partial charge in [-0.15, -0.1) is 0 Å². The molecule has 2 amide bonds. The third kappa shape index (κ3) is 4.08. The van der Waals surface area contributed by atoms with Crippen molar-refractivity contribution in [3.63, 3.8) is 0 Å². The molecule has 20 heavy (non-hydrogen) atoms. The number of nitrogens with two attached hydrogens (primary N) is 1. The van der Waals surface area contributed by atoms with E-state index >= 15 is 0 Å². The fraction of sp³-hybridized carbons (Fsp3) is 0.357. The van der Waals surface area contributed by atoms with Crippen LogP contribution in [0.2, 0.25) is 0 Å². The number of nitrogens with zero attached hydrogens (tertiary/aromatic N) is 1. The number of rotatable bonds is 6. The molecule has 1 aromatic rings. The maximum absolute atomic E-state index is 12.3. The Bertz CT molecular complexity index is 514. The molecule has 1 rings (SSSR count). The van der Waals surface area contributed by atoms with Crippen LogP contribution < -0.4 is 5.73 Å². The Kier molecular flexibility index (Phi) is 5.71. The van der Waals surface area contributed by atoms with Crippen molar-refractivity contribution in [1.82, 2.24) is 4.90 Å². The molecule has 0 saturated carbocycles. The zero-order valence-electron chi connectivity index (χ0n) is 11.6. The minimum atomic E-state index is -0.586. The molecule has 0 fully saturated rings. The van der Waals surface area contributed by atoms with Crippen LogP contribution in [0.5, 0.6) is 0 Å².